The Labute approximate surface area is 216 Å². The first-order chi connectivity index (χ1) is 17.0. The summed E-state index contributed by atoms with van der Waals surface area (Å²) in [7, 11) is -3.70. The number of fused-ring (bicyclic) bond motifs is 2. The number of nitrogens with zero attached hydrogens (tertiary/aromatic N) is 1. The Balaban J connectivity index is 1.71. The van der Waals surface area contributed by atoms with E-state index in [-0.39, 0.29) is 29.7 Å². The number of hydrogen-bond acceptors (Lipinski definition) is 2. The molecule has 0 bridgehead atoms. The zero-order valence-corrected chi connectivity index (χ0v) is 23.1. The minimum atomic E-state index is -3.70. The highest BCUT2D eigenvalue weighted by Gasteiger charge is 2.54. The summed E-state index contributed by atoms with van der Waals surface area (Å²) in [4.78, 5) is 0.465. The molecule has 0 unspecified atom stereocenters. The number of benzene rings is 3. The second kappa shape index (κ2) is 9.00. The molecule has 3 aromatic rings. The maximum Gasteiger partial charge on any atom is 0.243 e. The summed E-state index contributed by atoms with van der Waals surface area (Å²) < 4.78 is 30.7. The third-order valence-electron chi connectivity index (χ3n) is 8.28. The molecule has 1 heterocycles. The average molecular weight is 500 g/mol. The van der Waals surface area contributed by atoms with Crippen molar-refractivity contribution in [2.24, 2.45) is 17.8 Å². The SMILES string of the molecule is C=C1c2ccc(C)cc2[C@H](c2ccccc2)[C@@H]2CN(S(=O)(=O)c3c(C)cc(C)cc3C)[C@@H](C(C)C)[C@H]12. The third-order valence-corrected chi connectivity index (χ3v) is 10.5. The summed E-state index contributed by atoms with van der Waals surface area (Å²) in [5.41, 5.74) is 8.73. The van der Waals surface area contributed by atoms with Crippen LogP contribution in [0.3, 0.4) is 0 Å². The van der Waals surface area contributed by atoms with Crippen molar-refractivity contribution in [3.05, 3.63) is 106 Å². The number of rotatable bonds is 4. The van der Waals surface area contributed by atoms with Crippen molar-refractivity contribution in [3.63, 3.8) is 0 Å². The smallest absolute Gasteiger partial charge is 0.207 e. The van der Waals surface area contributed by atoms with Gasteiger partial charge in [-0.15, -0.1) is 0 Å². The standard InChI is InChI=1S/C32H37NO2S/c1-19(2)31-29-24(7)26-14-13-20(3)17-27(26)30(25-11-9-8-10-12-25)28(29)18-33(31)36(34,35)32-22(5)15-21(4)16-23(32)6/h8-17,19,28-31H,7,18H2,1-6H3/t28-,29-,30+,31+/m1/s1. The van der Waals surface area contributed by atoms with Crippen molar-refractivity contribution in [3.8, 4) is 0 Å². The average Bonchev–Trinajstić information content (AvgIpc) is 3.21. The topological polar surface area (TPSA) is 37.4 Å². The highest BCUT2D eigenvalue weighted by molar-refractivity contribution is 7.89. The molecule has 1 aliphatic heterocycles. The van der Waals surface area contributed by atoms with Gasteiger partial charge in [-0.25, -0.2) is 8.42 Å². The molecule has 4 heteroatoms. The maximum atomic E-state index is 14.4. The van der Waals surface area contributed by atoms with Crippen molar-refractivity contribution < 1.29 is 8.42 Å². The van der Waals surface area contributed by atoms with Crippen molar-refractivity contribution in [2.45, 2.75) is 58.4 Å². The van der Waals surface area contributed by atoms with Crippen molar-refractivity contribution in [1.82, 2.24) is 4.31 Å². The predicted octanol–water partition coefficient (Wildman–Crippen LogP) is 7.04. The monoisotopic (exact) mass is 499 g/mol. The van der Waals surface area contributed by atoms with Crippen LogP contribution in [0.15, 0.2) is 72.1 Å². The summed E-state index contributed by atoms with van der Waals surface area (Å²) in [6.07, 6.45) is 0. The molecule has 1 saturated heterocycles. The van der Waals surface area contributed by atoms with Crippen LogP contribution in [0.25, 0.3) is 5.57 Å². The van der Waals surface area contributed by atoms with Crippen LogP contribution in [0.5, 0.6) is 0 Å². The first-order valence-corrected chi connectivity index (χ1v) is 14.4. The zero-order chi connectivity index (χ0) is 25.9. The first-order valence-electron chi connectivity index (χ1n) is 13.0. The molecular weight excluding hydrogens is 462 g/mol. The lowest BCUT2D eigenvalue weighted by atomic mass is 9.63. The molecule has 0 saturated carbocycles. The van der Waals surface area contributed by atoms with Crippen molar-refractivity contribution >= 4 is 15.6 Å². The number of hydrogen-bond donors (Lipinski definition) is 0. The second-order valence-corrected chi connectivity index (χ2v) is 13.1. The van der Waals surface area contributed by atoms with Gasteiger partial charge >= 0.3 is 0 Å². The molecule has 1 aliphatic carbocycles. The van der Waals surface area contributed by atoms with E-state index in [4.69, 9.17) is 0 Å². The van der Waals surface area contributed by atoms with Crippen LogP contribution in [0.2, 0.25) is 0 Å². The molecule has 0 aromatic heterocycles. The maximum absolute atomic E-state index is 14.4. The van der Waals surface area contributed by atoms with Gasteiger partial charge in [0.1, 0.15) is 0 Å². The Bertz CT molecular complexity index is 1420. The van der Waals surface area contributed by atoms with E-state index in [2.05, 4.69) is 69.8 Å². The summed E-state index contributed by atoms with van der Waals surface area (Å²) in [5.74, 6) is 0.466. The Kier molecular flexibility index (Phi) is 6.25. The van der Waals surface area contributed by atoms with E-state index in [1.807, 2.05) is 43.3 Å². The summed E-state index contributed by atoms with van der Waals surface area (Å²) in [5, 5.41) is 0. The zero-order valence-electron chi connectivity index (χ0n) is 22.2. The number of aryl methyl sites for hydroxylation is 4. The molecule has 0 radical (unpaired) electrons. The van der Waals surface area contributed by atoms with Crippen LogP contribution < -0.4 is 0 Å². The summed E-state index contributed by atoms with van der Waals surface area (Å²) in [6, 6.07) is 21.1. The fourth-order valence-electron chi connectivity index (χ4n) is 7.08. The minimum absolute atomic E-state index is 0.0613. The molecule has 5 rings (SSSR count). The van der Waals surface area contributed by atoms with Gasteiger partial charge in [-0.1, -0.05) is 92.2 Å². The van der Waals surface area contributed by atoms with Gasteiger partial charge in [0.15, 0.2) is 0 Å². The Hall–Kier alpha value is -2.69. The summed E-state index contributed by atoms with van der Waals surface area (Å²) >= 11 is 0. The normalized spacial score (nSPS) is 24.1. The lowest BCUT2D eigenvalue weighted by Crippen LogP contribution is -2.42. The molecule has 3 aromatic carbocycles. The minimum Gasteiger partial charge on any atom is -0.207 e. The largest absolute Gasteiger partial charge is 0.243 e. The van der Waals surface area contributed by atoms with Gasteiger partial charge in [0.25, 0.3) is 0 Å². The van der Waals surface area contributed by atoms with Crippen LogP contribution in [0.1, 0.15) is 58.7 Å². The molecule has 2 aliphatic rings. The molecule has 3 nitrogen and oxygen atoms in total. The number of sulfonamides is 1. The Morgan fingerprint density at radius 2 is 1.53 bits per heavy atom. The fraction of sp³-hybridized carbons (Fsp3) is 0.375. The highest BCUT2D eigenvalue weighted by atomic mass is 32.2. The van der Waals surface area contributed by atoms with Gasteiger partial charge in [-0.2, -0.15) is 4.31 Å². The van der Waals surface area contributed by atoms with Gasteiger partial charge in [0.2, 0.25) is 10.0 Å². The van der Waals surface area contributed by atoms with Crippen LogP contribution >= 0.6 is 0 Å². The lowest BCUT2D eigenvalue weighted by molar-refractivity contribution is 0.285. The highest BCUT2D eigenvalue weighted by Crippen LogP contribution is 2.56. The molecule has 4 atom stereocenters. The predicted molar refractivity (Wildman–Crippen MR) is 149 cm³/mol. The molecule has 188 valence electrons. The second-order valence-electron chi connectivity index (χ2n) is 11.2. The third kappa shape index (κ3) is 3.86. The van der Waals surface area contributed by atoms with E-state index < -0.39 is 10.0 Å². The van der Waals surface area contributed by atoms with Gasteiger partial charge in [0.05, 0.1) is 4.90 Å². The van der Waals surface area contributed by atoms with Gasteiger partial charge in [0, 0.05) is 24.4 Å². The van der Waals surface area contributed by atoms with E-state index in [9.17, 15) is 8.42 Å². The van der Waals surface area contributed by atoms with Crippen LogP contribution in [0, 0.1) is 45.4 Å². The van der Waals surface area contributed by atoms with Crippen LogP contribution in [0.4, 0.5) is 0 Å². The Morgan fingerprint density at radius 3 is 2.14 bits per heavy atom. The van der Waals surface area contributed by atoms with Crippen molar-refractivity contribution in [1.29, 1.82) is 0 Å². The molecule has 0 spiro atoms. The molecule has 0 amide bonds. The summed E-state index contributed by atoms with van der Waals surface area (Å²) in [6.45, 7) is 17.4. The van der Waals surface area contributed by atoms with E-state index in [0.29, 0.717) is 11.4 Å². The molecule has 0 N–H and O–H groups in total. The lowest BCUT2D eigenvalue weighted by Gasteiger charge is -2.40. The first kappa shape index (κ1) is 25.0. The van der Waals surface area contributed by atoms with Crippen molar-refractivity contribution in [2.75, 3.05) is 6.54 Å². The van der Waals surface area contributed by atoms with Crippen LogP contribution in [-0.4, -0.2) is 25.3 Å². The molecule has 1 fully saturated rings. The van der Waals surface area contributed by atoms with E-state index in [1.165, 1.54) is 22.3 Å². The van der Waals surface area contributed by atoms with Gasteiger partial charge in [-0.3, -0.25) is 0 Å². The van der Waals surface area contributed by atoms with E-state index in [1.54, 1.807) is 0 Å². The van der Waals surface area contributed by atoms with E-state index in [0.717, 1.165) is 22.3 Å². The van der Waals surface area contributed by atoms with Gasteiger partial charge in [-0.05, 0) is 72.9 Å². The fourth-order valence-corrected chi connectivity index (χ4v) is 9.31. The Morgan fingerprint density at radius 1 is 0.889 bits per heavy atom. The quantitative estimate of drug-likeness (QED) is 0.386. The van der Waals surface area contributed by atoms with Gasteiger partial charge < -0.3 is 0 Å². The molecule has 36 heavy (non-hydrogen) atoms. The van der Waals surface area contributed by atoms with E-state index >= 15 is 0 Å². The van der Waals surface area contributed by atoms with Crippen LogP contribution in [-0.2, 0) is 10.0 Å². The molecular formula is C32H37NO2S.